The van der Waals surface area contributed by atoms with Gasteiger partial charge >= 0.3 is 5.97 Å². The van der Waals surface area contributed by atoms with Crippen LogP contribution in [0.1, 0.15) is 12.0 Å². The first-order valence-corrected chi connectivity index (χ1v) is 5.43. The number of carboxylic acid groups (broad SMARTS) is 1. The van der Waals surface area contributed by atoms with Crippen molar-refractivity contribution in [3.63, 3.8) is 0 Å². The lowest BCUT2D eigenvalue weighted by Gasteiger charge is -1.99. The van der Waals surface area contributed by atoms with Gasteiger partial charge in [0.15, 0.2) is 0 Å². The predicted molar refractivity (Wildman–Crippen MR) is 57.1 cm³/mol. The van der Waals surface area contributed by atoms with Crippen LogP contribution in [0.3, 0.4) is 0 Å². The zero-order chi connectivity index (χ0) is 10.1. The van der Waals surface area contributed by atoms with Crippen molar-refractivity contribution in [2.45, 2.75) is 12.8 Å². The molecule has 0 unspecified atom stereocenters. The van der Waals surface area contributed by atoms with Crippen LogP contribution in [0.5, 0.6) is 0 Å². The van der Waals surface area contributed by atoms with Crippen molar-refractivity contribution in [2.24, 2.45) is 11.8 Å². The Morgan fingerprint density at radius 1 is 1.43 bits per heavy atom. The van der Waals surface area contributed by atoms with E-state index in [0.717, 1.165) is 17.3 Å². The Balaban J connectivity index is 1.94. The zero-order valence-corrected chi connectivity index (χ0v) is 9.20. The van der Waals surface area contributed by atoms with Crippen molar-refractivity contribution in [1.29, 1.82) is 0 Å². The molecule has 0 aliphatic heterocycles. The summed E-state index contributed by atoms with van der Waals surface area (Å²) in [7, 11) is 0. The van der Waals surface area contributed by atoms with Gasteiger partial charge in [0.05, 0.1) is 5.92 Å². The van der Waals surface area contributed by atoms with Crippen LogP contribution in [0.15, 0.2) is 28.7 Å². The molecule has 2 nitrogen and oxygen atoms in total. The van der Waals surface area contributed by atoms with Crippen LogP contribution in [-0.4, -0.2) is 11.1 Å². The minimum atomic E-state index is -0.646. The van der Waals surface area contributed by atoms with Crippen LogP contribution in [-0.2, 0) is 11.2 Å². The molecule has 0 aromatic heterocycles. The molecular formula is C11H11BrO2. The summed E-state index contributed by atoms with van der Waals surface area (Å²) in [5, 5.41) is 8.74. The van der Waals surface area contributed by atoms with Crippen LogP contribution in [0, 0.1) is 11.8 Å². The van der Waals surface area contributed by atoms with Gasteiger partial charge in [0.25, 0.3) is 0 Å². The minimum Gasteiger partial charge on any atom is -0.481 e. The molecule has 1 saturated carbocycles. The predicted octanol–water partition coefficient (Wildman–Crippen LogP) is 2.71. The highest BCUT2D eigenvalue weighted by atomic mass is 79.9. The van der Waals surface area contributed by atoms with E-state index in [-0.39, 0.29) is 5.92 Å². The molecule has 0 bridgehead atoms. The summed E-state index contributed by atoms with van der Waals surface area (Å²) >= 11 is 3.37. The van der Waals surface area contributed by atoms with E-state index in [1.807, 2.05) is 24.3 Å². The minimum absolute atomic E-state index is 0.0985. The maximum Gasteiger partial charge on any atom is 0.306 e. The van der Waals surface area contributed by atoms with Gasteiger partial charge in [0, 0.05) is 4.47 Å². The Morgan fingerprint density at radius 3 is 2.57 bits per heavy atom. The van der Waals surface area contributed by atoms with E-state index in [2.05, 4.69) is 15.9 Å². The molecule has 0 heterocycles. The molecule has 1 aliphatic rings. The summed E-state index contributed by atoms with van der Waals surface area (Å²) in [6, 6.07) is 8.07. The van der Waals surface area contributed by atoms with E-state index >= 15 is 0 Å². The van der Waals surface area contributed by atoms with Gasteiger partial charge in [0.2, 0.25) is 0 Å². The molecule has 2 rings (SSSR count). The second kappa shape index (κ2) is 3.73. The average molecular weight is 255 g/mol. The number of hydrogen-bond acceptors (Lipinski definition) is 1. The van der Waals surface area contributed by atoms with E-state index in [1.54, 1.807) is 0 Å². The first-order valence-electron chi connectivity index (χ1n) is 4.64. The fourth-order valence-corrected chi connectivity index (χ4v) is 1.96. The number of benzene rings is 1. The fraction of sp³-hybridized carbons (Fsp3) is 0.364. The van der Waals surface area contributed by atoms with E-state index in [1.165, 1.54) is 5.56 Å². The highest BCUT2D eigenvalue weighted by Gasteiger charge is 2.42. The molecule has 0 amide bonds. The van der Waals surface area contributed by atoms with Gasteiger partial charge in [-0.2, -0.15) is 0 Å². The highest BCUT2D eigenvalue weighted by Crippen LogP contribution is 2.41. The van der Waals surface area contributed by atoms with Crippen molar-refractivity contribution in [3.05, 3.63) is 34.3 Å². The number of halogens is 1. The molecule has 0 radical (unpaired) electrons. The molecule has 2 atom stereocenters. The fourth-order valence-electron chi connectivity index (χ4n) is 1.70. The smallest absolute Gasteiger partial charge is 0.306 e. The molecule has 74 valence electrons. The molecule has 14 heavy (non-hydrogen) atoms. The van der Waals surface area contributed by atoms with Gasteiger partial charge in [-0.05, 0) is 36.5 Å². The summed E-state index contributed by atoms with van der Waals surface area (Å²) in [6.45, 7) is 0. The molecule has 1 fully saturated rings. The number of carboxylic acids is 1. The molecule has 1 N–H and O–H groups in total. The molecule has 0 spiro atoms. The third-order valence-electron chi connectivity index (χ3n) is 2.65. The summed E-state index contributed by atoms with van der Waals surface area (Å²) in [5.41, 5.74) is 1.22. The number of rotatable bonds is 3. The molecule has 1 aromatic rings. The number of carbonyl (C=O) groups is 1. The third kappa shape index (κ3) is 2.15. The number of aliphatic carboxylic acids is 1. The van der Waals surface area contributed by atoms with Crippen LogP contribution >= 0.6 is 15.9 Å². The molecule has 0 saturated heterocycles. The van der Waals surface area contributed by atoms with Crippen molar-refractivity contribution < 1.29 is 9.90 Å². The first kappa shape index (κ1) is 9.71. The lowest BCUT2D eigenvalue weighted by molar-refractivity contribution is -0.138. The molecule has 3 heteroatoms. The van der Waals surface area contributed by atoms with Crippen molar-refractivity contribution in [2.75, 3.05) is 0 Å². The Kier molecular flexibility index (Phi) is 2.59. The van der Waals surface area contributed by atoms with E-state index < -0.39 is 5.97 Å². The van der Waals surface area contributed by atoms with Crippen molar-refractivity contribution in [1.82, 2.24) is 0 Å². The third-order valence-corrected chi connectivity index (χ3v) is 3.18. The lowest BCUT2D eigenvalue weighted by atomic mass is 10.1. The molecule has 1 aromatic carbocycles. The van der Waals surface area contributed by atoms with Crippen LogP contribution in [0.25, 0.3) is 0 Å². The van der Waals surface area contributed by atoms with Gasteiger partial charge < -0.3 is 5.11 Å². The standard InChI is InChI=1S/C11H11BrO2/c12-9-3-1-7(2-4-9)5-8-6-10(8)11(13)14/h1-4,8,10H,5-6H2,(H,13,14)/t8-,10+/m1/s1. The second-order valence-corrected chi connectivity index (χ2v) is 4.69. The molecular weight excluding hydrogens is 244 g/mol. The van der Waals surface area contributed by atoms with Gasteiger partial charge in [-0.3, -0.25) is 4.79 Å². The summed E-state index contributed by atoms with van der Waals surface area (Å²) in [4.78, 5) is 10.6. The highest BCUT2D eigenvalue weighted by molar-refractivity contribution is 9.10. The van der Waals surface area contributed by atoms with Gasteiger partial charge in [-0.1, -0.05) is 28.1 Å². The average Bonchev–Trinajstić information content (AvgIpc) is 2.88. The quantitative estimate of drug-likeness (QED) is 0.901. The van der Waals surface area contributed by atoms with E-state index in [4.69, 9.17) is 5.11 Å². The second-order valence-electron chi connectivity index (χ2n) is 3.77. The van der Waals surface area contributed by atoms with E-state index in [0.29, 0.717) is 5.92 Å². The monoisotopic (exact) mass is 254 g/mol. The summed E-state index contributed by atoms with van der Waals surface area (Å²) < 4.78 is 1.06. The maximum absolute atomic E-state index is 10.6. The van der Waals surface area contributed by atoms with E-state index in [9.17, 15) is 4.79 Å². The van der Waals surface area contributed by atoms with Gasteiger partial charge in [-0.25, -0.2) is 0 Å². The summed E-state index contributed by atoms with van der Waals surface area (Å²) in [5.74, 6) is -0.389. The van der Waals surface area contributed by atoms with Crippen molar-refractivity contribution in [3.8, 4) is 0 Å². The Labute approximate surface area is 91.1 Å². The van der Waals surface area contributed by atoms with Crippen LogP contribution in [0.4, 0.5) is 0 Å². The summed E-state index contributed by atoms with van der Waals surface area (Å²) in [6.07, 6.45) is 1.73. The Morgan fingerprint density at radius 2 is 2.07 bits per heavy atom. The normalized spacial score (nSPS) is 24.6. The van der Waals surface area contributed by atoms with Gasteiger partial charge in [-0.15, -0.1) is 0 Å². The SMILES string of the molecule is O=C(O)[C@H]1C[C@H]1Cc1ccc(Br)cc1. The Bertz CT molecular complexity index is 345. The van der Waals surface area contributed by atoms with Crippen LogP contribution < -0.4 is 0 Å². The maximum atomic E-state index is 10.6. The largest absolute Gasteiger partial charge is 0.481 e. The molecule has 1 aliphatic carbocycles. The lowest BCUT2D eigenvalue weighted by Crippen LogP contribution is -2.00. The zero-order valence-electron chi connectivity index (χ0n) is 7.61. The van der Waals surface area contributed by atoms with Crippen LogP contribution in [0.2, 0.25) is 0 Å². The Hall–Kier alpha value is -0.830. The van der Waals surface area contributed by atoms with Gasteiger partial charge in [0.1, 0.15) is 0 Å². The topological polar surface area (TPSA) is 37.3 Å². The number of hydrogen-bond donors (Lipinski definition) is 1. The first-order chi connectivity index (χ1) is 6.66. The van der Waals surface area contributed by atoms with Crippen molar-refractivity contribution >= 4 is 21.9 Å².